The first-order valence-corrected chi connectivity index (χ1v) is 7.50. The third kappa shape index (κ3) is 3.69. The number of aliphatic imine (C=N–C) groups is 1. The quantitative estimate of drug-likeness (QED) is 0.512. The molecule has 0 aromatic heterocycles. The minimum absolute atomic E-state index is 0.771. The van der Waals surface area contributed by atoms with Gasteiger partial charge in [0.2, 0.25) is 0 Å². The van der Waals surface area contributed by atoms with E-state index in [2.05, 4.69) is 42.4 Å². The van der Waals surface area contributed by atoms with Gasteiger partial charge in [0, 0.05) is 12.8 Å². The molecule has 0 radical (unpaired) electrons. The van der Waals surface area contributed by atoms with Crippen molar-refractivity contribution >= 4 is 6.21 Å². The molecular weight excluding hydrogens is 218 g/mol. The molecule has 0 spiro atoms. The van der Waals surface area contributed by atoms with Crippen molar-refractivity contribution in [3.05, 3.63) is 35.4 Å². The molecule has 0 N–H and O–H groups in total. The fourth-order valence-corrected chi connectivity index (χ4v) is 2.83. The largest absolute Gasteiger partial charge is 0.293 e. The Morgan fingerprint density at radius 2 is 1.94 bits per heavy atom. The third-order valence-electron chi connectivity index (χ3n) is 3.91. The van der Waals surface area contributed by atoms with Gasteiger partial charge in [0.1, 0.15) is 0 Å². The van der Waals surface area contributed by atoms with E-state index in [1.54, 1.807) is 0 Å². The van der Waals surface area contributed by atoms with Crippen molar-refractivity contribution in [2.24, 2.45) is 4.99 Å². The summed E-state index contributed by atoms with van der Waals surface area (Å²) < 4.78 is 0. The lowest BCUT2D eigenvalue weighted by atomic mass is 9.82. The van der Waals surface area contributed by atoms with Crippen LogP contribution in [0.5, 0.6) is 0 Å². The van der Waals surface area contributed by atoms with Gasteiger partial charge in [-0.2, -0.15) is 0 Å². The summed E-state index contributed by atoms with van der Waals surface area (Å²) in [5.41, 5.74) is 2.87. The maximum atomic E-state index is 4.56. The molecule has 0 atom stereocenters. The Hall–Kier alpha value is -1.11. The van der Waals surface area contributed by atoms with E-state index in [1.807, 2.05) is 0 Å². The molecule has 2 rings (SSSR count). The van der Waals surface area contributed by atoms with Crippen LogP contribution >= 0.6 is 0 Å². The van der Waals surface area contributed by atoms with Gasteiger partial charge in [-0.1, -0.05) is 56.9 Å². The van der Waals surface area contributed by atoms with Gasteiger partial charge >= 0.3 is 0 Å². The second kappa shape index (κ2) is 7.35. The number of nitrogens with zero attached hydrogens (tertiary/aromatic N) is 1. The molecule has 1 nitrogen and oxygen atoms in total. The van der Waals surface area contributed by atoms with Crippen LogP contribution in [-0.2, 0) is 0 Å². The van der Waals surface area contributed by atoms with Crippen LogP contribution in [-0.4, -0.2) is 12.8 Å². The van der Waals surface area contributed by atoms with Crippen molar-refractivity contribution in [3.8, 4) is 0 Å². The standard InChI is InChI=1S/C17H25N/c1-2-3-13-18-14-16-11-7-8-12-17(16)15-9-5-4-6-10-15/h7-8,11-12,14-15H,2-6,9-10,13H2,1H3. The predicted octanol–water partition coefficient (Wildman–Crippen LogP) is 4.95. The predicted molar refractivity (Wildman–Crippen MR) is 79.6 cm³/mol. The fourth-order valence-electron chi connectivity index (χ4n) is 2.83. The molecule has 0 heterocycles. The van der Waals surface area contributed by atoms with Crippen molar-refractivity contribution < 1.29 is 0 Å². The molecule has 18 heavy (non-hydrogen) atoms. The molecule has 1 saturated carbocycles. The lowest BCUT2D eigenvalue weighted by Gasteiger charge is -2.23. The van der Waals surface area contributed by atoms with Crippen molar-refractivity contribution in [1.82, 2.24) is 0 Å². The number of benzene rings is 1. The second-order valence-electron chi connectivity index (χ2n) is 5.35. The third-order valence-corrected chi connectivity index (χ3v) is 3.91. The Morgan fingerprint density at radius 1 is 1.17 bits per heavy atom. The van der Waals surface area contributed by atoms with E-state index in [-0.39, 0.29) is 0 Å². The highest BCUT2D eigenvalue weighted by Gasteiger charge is 2.17. The number of hydrogen-bond acceptors (Lipinski definition) is 1. The number of unbranched alkanes of at least 4 members (excludes halogenated alkanes) is 1. The van der Waals surface area contributed by atoms with Crippen LogP contribution < -0.4 is 0 Å². The normalized spacial score (nSPS) is 17.4. The second-order valence-corrected chi connectivity index (χ2v) is 5.35. The molecule has 1 aromatic carbocycles. The van der Waals surface area contributed by atoms with E-state index in [0.717, 1.165) is 12.5 Å². The first-order chi connectivity index (χ1) is 8.92. The molecule has 1 heteroatoms. The van der Waals surface area contributed by atoms with E-state index in [1.165, 1.54) is 56.1 Å². The van der Waals surface area contributed by atoms with Crippen LogP contribution in [0, 0.1) is 0 Å². The summed E-state index contributed by atoms with van der Waals surface area (Å²) in [5, 5.41) is 0. The Kier molecular flexibility index (Phi) is 5.44. The lowest BCUT2D eigenvalue weighted by molar-refractivity contribution is 0.443. The Morgan fingerprint density at radius 3 is 2.72 bits per heavy atom. The summed E-state index contributed by atoms with van der Waals surface area (Å²) in [7, 11) is 0. The lowest BCUT2D eigenvalue weighted by Crippen LogP contribution is -2.07. The van der Waals surface area contributed by atoms with Gasteiger partial charge in [-0.15, -0.1) is 0 Å². The zero-order chi connectivity index (χ0) is 12.6. The minimum atomic E-state index is 0.771. The maximum Gasteiger partial charge on any atom is 0.0389 e. The average Bonchev–Trinajstić information content (AvgIpc) is 2.45. The smallest absolute Gasteiger partial charge is 0.0389 e. The first-order valence-electron chi connectivity index (χ1n) is 7.50. The van der Waals surface area contributed by atoms with Gasteiger partial charge in [0.05, 0.1) is 0 Å². The first kappa shape index (κ1) is 13.3. The van der Waals surface area contributed by atoms with Gasteiger partial charge in [0.25, 0.3) is 0 Å². The molecule has 1 aliphatic carbocycles. The van der Waals surface area contributed by atoms with Crippen LogP contribution in [0.4, 0.5) is 0 Å². The van der Waals surface area contributed by atoms with Gasteiger partial charge in [-0.25, -0.2) is 0 Å². The zero-order valence-corrected chi connectivity index (χ0v) is 11.6. The molecule has 98 valence electrons. The van der Waals surface area contributed by atoms with Crippen molar-refractivity contribution in [3.63, 3.8) is 0 Å². The van der Waals surface area contributed by atoms with Crippen LogP contribution in [0.15, 0.2) is 29.3 Å². The van der Waals surface area contributed by atoms with E-state index in [0.29, 0.717) is 0 Å². The summed E-state index contributed by atoms with van der Waals surface area (Å²) in [6, 6.07) is 8.83. The molecule has 0 bridgehead atoms. The highest BCUT2D eigenvalue weighted by Crippen LogP contribution is 2.33. The molecule has 1 fully saturated rings. The van der Waals surface area contributed by atoms with Crippen molar-refractivity contribution in [1.29, 1.82) is 0 Å². The molecule has 1 aliphatic rings. The van der Waals surface area contributed by atoms with E-state index >= 15 is 0 Å². The van der Waals surface area contributed by atoms with Gasteiger partial charge in [0.15, 0.2) is 0 Å². The molecule has 0 unspecified atom stereocenters. The van der Waals surface area contributed by atoms with Gasteiger partial charge in [-0.05, 0) is 36.3 Å². The summed E-state index contributed by atoms with van der Waals surface area (Å²) in [4.78, 5) is 4.56. The Balaban J connectivity index is 2.06. The number of hydrogen-bond donors (Lipinski definition) is 0. The van der Waals surface area contributed by atoms with Crippen molar-refractivity contribution in [2.75, 3.05) is 6.54 Å². The van der Waals surface area contributed by atoms with E-state index < -0.39 is 0 Å². The van der Waals surface area contributed by atoms with Gasteiger partial charge < -0.3 is 0 Å². The Bertz CT molecular complexity index is 375. The summed E-state index contributed by atoms with van der Waals surface area (Å²) in [6.07, 6.45) is 11.4. The summed E-state index contributed by atoms with van der Waals surface area (Å²) in [5.74, 6) is 0.771. The van der Waals surface area contributed by atoms with Crippen LogP contribution in [0.3, 0.4) is 0 Å². The molecular formula is C17H25N. The topological polar surface area (TPSA) is 12.4 Å². The highest BCUT2D eigenvalue weighted by atomic mass is 14.7. The molecule has 0 saturated heterocycles. The summed E-state index contributed by atoms with van der Waals surface area (Å²) in [6.45, 7) is 3.18. The SMILES string of the molecule is CCCCN=Cc1ccccc1C1CCCCC1. The molecule has 0 aliphatic heterocycles. The summed E-state index contributed by atoms with van der Waals surface area (Å²) >= 11 is 0. The minimum Gasteiger partial charge on any atom is -0.293 e. The van der Waals surface area contributed by atoms with Crippen LogP contribution in [0.25, 0.3) is 0 Å². The zero-order valence-electron chi connectivity index (χ0n) is 11.6. The average molecular weight is 243 g/mol. The monoisotopic (exact) mass is 243 g/mol. The Labute approximate surface area is 111 Å². The fraction of sp³-hybridized carbons (Fsp3) is 0.588. The molecule has 0 amide bonds. The van der Waals surface area contributed by atoms with E-state index in [9.17, 15) is 0 Å². The van der Waals surface area contributed by atoms with Crippen LogP contribution in [0.1, 0.15) is 68.9 Å². The molecule has 1 aromatic rings. The van der Waals surface area contributed by atoms with Gasteiger partial charge in [-0.3, -0.25) is 4.99 Å². The number of rotatable bonds is 5. The van der Waals surface area contributed by atoms with Crippen LogP contribution in [0.2, 0.25) is 0 Å². The maximum absolute atomic E-state index is 4.56. The van der Waals surface area contributed by atoms with Crippen molar-refractivity contribution in [2.45, 2.75) is 57.8 Å². The highest BCUT2D eigenvalue weighted by molar-refractivity contribution is 5.82. The van der Waals surface area contributed by atoms with E-state index in [4.69, 9.17) is 0 Å².